The molecule has 3 heteroatoms. The number of carbonyl (C=O) groups excluding carboxylic acids is 1. The summed E-state index contributed by atoms with van der Waals surface area (Å²) < 4.78 is 0. The maximum Gasteiger partial charge on any atom is 0.235 e. The fraction of sp³-hybridized carbons (Fsp3) is 0.182. The lowest BCUT2D eigenvalue weighted by atomic mass is 10.1. The molecular formula is C11H10ClNO. The summed E-state index contributed by atoms with van der Waals surface area (Å²) >= 11 is 5.94. The molecule has 0 radical (unpaired) electrons. The van der Waals surface area contributed by atoms with E-state index in [1.807, 2.05) is 36.4 Å². The van der Waals surface area contributed by atoms with Crippen molar-refractivity contribution >= 4 is 17.7 Å². The van der Waals surface area contributed by atoms with Gasteiger partial charge in [-0.05, 0) is 18.1 Å². The van der Waals surface area contributed by atoms with Gasteiger partial charge in [0.2, 0.25) is 6.08 Å². The molecule has 0 fully saturated rings. The van der Waals surface area contributed by atoms with E-state index in [2.05, 4.69) is 4.99 Å². The number of isocyanates is 1. The van der Waals surface area contributed by atoms with E-state index in [1.54, 1.807) is 0 Å². The lowest BCUT2D eigenvalue weighted by Gasteiger charge is -1.98. The van der Waals surface area contributed by atoms with Crippen LogP contribution < -0.4 is 0 Å². The Kier molecular flexibility index (Phi) is 4.70. The van der Waals surface area contributed by atoms with Crippen LogP contribution in [0.5, 0.6) is 0 Å². The lowest BCUT2D eigenvalue weighted by molar-refractivity contribution is 0.564. The first-order valence-corrected chi connectivity index (χ1v) is 4.64. The second-order valence-corrected chi connectivity index (χ2v) is 3.11. The first kappa shape index (κ1) is 10.7. The van der Waals surface area contributed by atoms with Crippen molar-refractivity contribution in [3.8, 4) is 0 Å². The Labute approximate surface area is 87.9 Å². The van der Waals surface area contributed by atoms with Crippen LogP contribution in [0.1, 0.15) is 5.56 Å². The lowest BCUT2D eigenvalue weighted by Crippen LogP contribution is -1.82. The SMILES string of the molecule is O=C=NC/C=C\Cc1ccccc1Cl. The van der Waals surface area contributed by atoms with Gasteiger partial charge in [-0.15, -0.1) is 0 Å². The van der Waals surface area contributed by atoms with Crippen LogP contribution in [0.2, 0.25) is 5.02 Å². The monoisotopic (exact) mass is 207 g/mol. The second kappa shape index (κ2) is 6.14. The predicted molar refractivity (Wildman–Crippen MR) is 57.3 cm³/mol. The molecule has 0 bridgehead atoms. The number of hydrogen-bond donors (Lipinski definition) is 0. The zero-order valence-corrected chi connectivity index (χ0v) is 8.37. The molecule has 0 N–H and O–H groups in total. The average Bonchev–Trinajstić information content (AvgIpc) is 2.20. The van der Waals surface area contributed by atoms with Crippen LogP contribution in [0.15, 0.2) is 41.4 Å². The first-order chi connectivity index (χ1) is 6.84. The van der Waals surface area contributed by atoms with Crippen LogP contribution >= 0.6 is 11.6 Å². The third kappa shape index (κ3) is 3.56. The van der Waals surface area contributed by atoms with Gasteiger partial charge in [-0.25, -0.2) is 9.79 Å². The maximum absolute atomic E-state index is 9.75. The van der Waals surface area contributed by atoms with Crippen LogP contribution in [-0.2, 0) is 11.2 Å². The second-order valence-electron chi connectivity index (χ2n) is 2.70. The van der Waals surface area contributed by atoms with Gasteiger partial charge in [0.15, 0.2) is 0 Å². The zero-order valence-electron chi connectivity index (χ0n) is 7.61. The molecule has 0 aliphatic heterocycles. The first-order valence-electron chi connectivity index (χ1n) is 4.26. The van der Waals surface area contributed by atoms with Crippen molar-refractivity contribution in [1.29, 1.82) is 0 Å². The Balaban J connectivity index is 2.49. The highest BCUT2D eigenvalue weighted by Gasteiger charge is 1.94. The smallest absolute Gasteiger partial charge is 0.211 e. The van der Waals surface area contributed by atoms with Crippen molar-refractivity contribution in [1.82, 2.24) is 0 Å². The summed E-state index contributed by atoms with van der Waals surface area (Å²) in [6, 6.07) is 7.66. The summed E-state index contributed by atoms with van der Waals surface area (Å²) in [5.41, 5.74) is 1.07. The van der Waals surface area contributed by atoms with Gasteiger partial charge >= 0.3 is 0 Å². The maximum atomic E-state index is 9.75. The van der Waals surface area contributed by atoms with Gasteiger partial charge in [-0.1, -0.05) is 42.0 Å². The minimum atomic E-state index is 0.383. The molecule has 1 aromatic carbocycles. The van der Waals surface area contributed by atoms with Crippen molar-refractivity contribution in [3.05, 3.63) is 47.0 Å². The number of halogens is 1. The van der Waals surface area contributed by atoms with Gasteiger partial charge in [0, 0.05) is 5.02 Å². The normalized spacial score (nSPS) is 10.1. The number of hydrogen-bond acceptors (Lipinski definition) is 2. The van der Waals surface area contributed by atoms with Gasteiger partial charge in [-0.3, -0.25) is 0 Å². The fourth-order valence-corrected chi connectivity index (χ4v) is 1.25. The van der Waals surface area contributed by atoms with E-state index in [0.717, 1.165) is 17.0 Å². The van der Waals surface area contributed by atoms with Crippen molar-refractivity contribution < 1.29 is 4.79 Å². The Morgan fingerprint density at radius 2 is 2.14 bits per heavy atom. The Morgan fingerprint density at radius 3 is 2.86 bits per heavy atom. The summed E-state index contributed by atoms with van der Waals surface area (Å²) in [4.78, 5) is 13.1. The van der Waals surface area contributed by atoms with Crippen LogP contribution in [0, 0.1) is 0 Å². The molecule has 0 heterocycles. The van der Waals surface area contributed by atoms with Crippen LogP contribution in [-0.4, -0.2) is 12.6 Å². The van der Waals surface area contributed by atoms with Gasteiger partial charge in [0.05, 0.1) is 6.54 Å². The van der Waals surface area contributed by atoms with E-state index in [0.29, 0.717) is 6.54 Å². The number of benzene rings is 1. The van der Waals surface area contributed by atoms with Gasteiger partial charge in [0.1, 0.15) is 0 Å². The average molecular weight is 208 g/mol. The van der Waals surface area contributed by atoms with Gasteiger partial charge in [0.25, 0.3) is 0 Å². The number of nitrogens with zero attached hydrogens (tertiary/aromatic N) is 1. The van der Waals surface area contributed by atoms with E-state index < -0.39 is 0 Å². The van der Waals surface area contributed by atoms with E-state index in [-0.39, 0.29) is 0 Å². The molecule has 0 saturated carbocycles. The molecule has 0 aromatic heterocycles. The quantitative estimate of drug-likeness (QED) is 0.424. The predicted octanol–water partition coefficient (Wildman–Crippen LogP) is 2.77. The summed E-state index contributed by atoms with van der Waals surface area (Å²) in [5, 5.41) is 0.760. The molecule has 0 atom stereocenters. The number of allylic oxidation sites excluding steroid dienone is 1. The van der Waals surface area contributed by atoms with Crippen LogP contribution in [0.25, 0.3) is 0 Å². The van der Waals surface area contributed by atoms with Crippen molar-refractivity contribution in [2.24, 2.45) is 4.99 Å². The summed E-state index contributed by atoms with van der Waals surface area (Å²) in [6.07, 6.45) is 5.98. The summed E-state index contributed by atoms with van der Waals surface area (Å²) in [7, 11) is 0. The molecular weight excluding hydrogens is 198 g/mol. The van der Waals surface area contributed by atoms with Gasteiger partial charge in [-0.2, -0.15) is 0 Å². The molecule has 0 aliphatic rings. The standard InChI is InChI=1S/C11H10ClNO/c12-11-7-2-1-5-10(11)6-3-4-8-13-9-14/h1-5,7H,6,8H2/b4-3-. The van der Waals surface area contributed by atoms with E-state index >= 15 is 0 Å². The molecule has 2 nitrogen and oxygen atoms in total. The van der Waals surface area contributed by atoms with Crippen LogP contribution in [0.3, 0.4) is 0 Å². The number of aliphatic imine (C=N–C) groups is 1. The molecule has 1 rings (SSSR count). The molecule has 72 valence electrons. The van der Waals surface area contributed by atoms with E-state index in [4.69, 9.17) is 11.6 Å². The van der Waals surface area contributed by atoms with E-state index in [9.17, 15) is 4.79 Å². The topological polar surface area (TPSA) is 29.4 Å². The Hall–Kier alpha value is -1.37. The fourth-order valence-electron chi connectivity index (χ4n) is 1.04. The Morgan fingerprint density at radius 1 is 1.36 bits per heavy atom. The van der Waals surface area contributed by atoms with Crippen molar-refractivity contribution in [3.63, 3.8) is 0 Å². The molecule has 1 aromatic rings. The minimum absolute atomic E-state index is 0.383. The Bertz CT molecular complexity index is 367. The molecule has 0 amide bonds. The van der Waals surface area contributed by atoms with E-state index in [1.165, 1.54) is 6.08 Å². The molecule has 0 spiro atoms. The van der Waals surface area contributed by atoms with Crippen LogP contribution in [0.4, 0.5) is 0 Å². The highest BCUT2D eigenvalue weighted by atomic mass is 35.5. The van der Waals surface area contributed by atoms with Crippen molar-refractivity contribution in [2.45, 2.75) is 6.42 Å². The third-order valence-electron chi connectivity index (χ3n) is 1.72. The zero-order chi connectivity index (χ0) is 10.2. The molecule has 0 unspecified atom stereocenters. The molecule has 0 saturated heterocycles. The van der Waals surface area contributed by atoms with Crippen molar-refractivity contribution in [2.75, 3.05) is 6.54 Å². The third-order valence-corrected chi connectivity index (χ3v) is 2.09. The largest absolute Gasteiger partial charge is 0.235 e. The minimum Gasteiger partial charge on any atom is -0.211 e. The summed E-state index contributed by atoms with van der Waals surface area (Å²) in [5.74, 6) is 0. The summed E-state index contributed by atoms with van der Waals surface area (Å²) in [6.45, 7) is 0.383. The van der Waals surface area contributed by atoms with Gasteiger partial charge < -0.3 is 0 Å². The highest BCUT2D eigenvalue weighted by Crippen LogP contribution is 2.15. The highest BCUT2D eigenvalue weighted by molar-refractivity contribution is 6.31. The molecule has 0 aliphatic carbocycles. The number of rotatable bonds is 4. The molecule has 14 heavy (non-hydrogen) atoms.